The number of carboxylic acids is 3. The highest BCUT2D eigenvalue weighted by Crippen LogP contribution is 2.32. The maximum atomic E-state index is 10.6. The van der Waals surface area contributed by atoms with Crippen LogP contribution in [0.5, 0.6) is 0 Å². The van der Waals surface area contributed by atoms with Crippen LogP contribution in [0.15, 0.2) is 48.9 Å². The molecule has 0 bridgehead atoms. The molecule has 1 unspecified atom stereocenters. The van der Waals surface area contributed by atoms with Crippen molar-refractivity contribution in [1.29, 1.82) is 0 Å². The number of ether oxygens (including phenoxy) is 2. The zero-order valence-corrected chi connectivity index (χ0v) is 23.4. The fourth-order valence-electron chi connectivity index (χ4n) is 3.90. The third-order valence-corrected chi connectivity index (χ3v) is 5.86. The number of hydrogen-bond acceptors (Lipinski definition) is 8. The van der Waals surface area contributed by atoms with Gasteiger partial charge in [-0.3, -0.25) is 14.9 Å². The van der Waals surface area contributed by atoms with Crippen molar-refractivity contribution in [3.63, 3.8) is 0 Å². The van der Waals surface area contributed by atoms with E-state index >= 15 is 0 Å². The summed E-state index contributed by atoms with van der Waals surface area (Å²) in [5, 5.41) is 21.4. The van der Waals surface area contributed by atoms with Crippen LogP contribution in [0.25, 0.3) is 0 Å². The highest BCUT2D eigenvalue weighted by Gasteiger charge is 2.41. The number of alkyl halides is 9. The van der Waals surface area contributed by atoms with Crippen LogP contribution in [0, 0.1) is 0 Å². The number of fused-ring (bicyclic) bond motifs is 1. The Kier molecular flexibility index (Phi) is 15.8. The second-order valence-corrected chi connectivity index (χ2v) is 9.31. The highest BCUT2D eigenvalue weighted by atomic mass is 19.4. The van der Waals surface area contributed by atoms with Crippen molar-refractivity contribution in [3.8, 4) is 0 Å². The predicted molar refractivity (Wildman–Crippen MR) is 136 cm³/mol. The van der Waals surface area contributed by atoms with Crippen LogP contribution < -0.4 is 0 Å². The van der Waals surface area contributed by atoms with E-state index in [9.17, 15) is 39.5 Å². The normalized spacial score (nSPS) is 19.5. The van der Waals surface area contributed by atoms with Crippen molar-refractivity contribution >= 4 is 17.9 Å². The molecule has 11 nitrogen and oxygen atoms in total. The lowest BCUT2D eigenvalue weighted by Crippen LogP contribution is -2.43. The first kappa shape index (κ1) is 40.0. The van der Waals surface area contributed by atoms with Gasteiger partial charge in [-0.2, -0.15) is 39.5 Å². The van der Waals surface area contributed by atoms with Crippen LogP contribution in [0.2, 0.25) is 0 Å². The fourth-order valence-corrected chi connectivity index (χ4v) is 3.90. The van der Waals surface area contributed by atoms with Crippen molar-refractivity contribution < 1.29 is 78.7 Å². The van der Waals surface area contributed by atoms with Gasteiger partial charge >= 0.3 is 36.4 Å². The van der Waals surface area contributed by atoms with Gasteiger partial charge in [0.1, 0.15) is 0 Å². The summed E-state index contributed by atoms with van der Waals surface area (Å²) in [5.41, 5.74) is 2.25. The molecule has 0 aromatic carbocycles. The van der Waals surface area contributed by atoms with Gasteiger partial charge in [-0.05, 0) is 43.0 Å². The molecule has 2 saturated heterocycles. The summed E-state index contributed by atoms with van der Waals surface area (Å²) < 4.78 is 107. The third-order valence-electron chi connectivity index (χ3n) is 5.86. The van der Waals surface area contributed by atoms with E-state index in [0.29, 0.717) is 25.4 Å². The van der Waals surface area contributed by atoms with E-state index in [4.69, 9.17) is 39.2 Å². The van der Waals surface area contributed by atoms with Gasteiger partial charge in [0, 0.05) is 37.7 Å². The number of likely N-dealkylation sites (tertiary alicyclic amines) is 1. The number of rotatable bonds is 6. The molecule has 20 heteroatoms. The van der Waals surface area contributed by atoms with Crippen molar-refractivity contribution in [2.24, 2.45) is 0 Å². The van der Waals surface area contributed by atoms with Crippen LogP contribution in [0.3, 0.4) is 0 Å². The van der Waals surface area contributed by atoms with Gasteiger partial charge in [0.25, 0.3) is 0 Å². The first-order valence-corrected chi connectivity index (χ1v) is 12.9. The van der Waals surface area contributed by atoms with E-state index in [-0.39, 0.29) is 6.10 Å². The van der Waals surface area contributed by atoms with Crippen molar-refractivity contribution in [3.05, 3.63) is 60.2 Å². The zero-order chi connectivity index (χ0) is 35.1. The maximum Gasteiger partial charge on any atom is 0.490 e. The van der Waals surface area contributed by atoms with Crippen molar-refractivity contribution in [1.82, 2.24) is 14.9 Å². The molecule has 0 aliphatic carbocycles. The smallest absolute Gasteiger partial charge is 0.475 e. The molecule has 2 fully saturated rings. The first-order chi connectivity index (χ1) is 21.2. The predicted octanol–water partition coefficient (Wildman–Crippen LogP) is 4.72. The first-order valence-electron chi connectivity index (χ1n) is 12.9. The summed E-state index contributed by atoms with van der Waals surface area (Å²) >= 11 is 0. The SMILES string of the molecule is O=C(O)C(F)(F)F.O=C(O)C(F)(F)F.O=C(O)C(F)(F)F.c1ccc(CN2CC[C@@H]3OC(COCc4cccnc4)CC[C@@H]32)nc1. The number of carboxylic acid groups (broad SMARTS) is 3. The van der Waals surface area contributed by atoms with Crippen LogP contribution in [0.1, 0.15) is 30.5 Å². The van der Waals surface area contributed by atoms with E-state index in [1.807, 2.05) is 30.6 Å². The Hall–Kier alpha value is -4.04. The molecular formula is C26H28F9N3O8. The van der Waals surface area contributed by atoms with Gasteiger partial charge < -0.3 is 24.8 Å². The maximum absolute atomic E-state index is 10.6. The number of aliphatic carboxylic acids is 3. The Morgan fingerprint density at radius 2 is 1.39 bits per heavy atom. The van der Waals surface area contributed by atoms with Gasteiger partial charge in [0.15, 0.2) is 0 Å². The van der Waals surface area contributed by atoms with E-state index in [1.54, 1.807) is 6.20 Å². The summed E-state index contributed by atoms with van der Waals surface area (Å²) in [7, 11) is 0. The topological polar surface area (TPSA) is 159 Å². The van der Waals surface area contributed by atoms with Crippen molar-refractivity contribution in [2.45, 2.75) is 69.2 Å². The molecule has 2 aromatic heterocycles. The minimum Gasteiger partial charge on any atom is -0.475 e. The lowest BCUT2D eigenvalue weighted by atomic mass is 9.99. The number of carbonyl (C=O) groups is 3. The number of aromatic nitrogens is 2. The number of pyridine rings is 2. The molecule has 0 radical (unpaired) electrons. The second kappa shape index (κ2) is 18.2. The monoisotopic (exact) mass is 681 g/mol. The molecule has 3 atom stereocenters. The Morgan fingerprint density at radius 1 is 0.826 bits per heavy atom. The van der Waals surface area contributed by atoms with E-state index < -0.39 is 36.4 Å². The Balaban J connectivity index is 0.000000413. The standard InChI is InChI=1S/C20H25N3O2.3C2HF3O2/c1-2-10-22-17(5-1)13-23-11-8-20-19(23)7-6-18(25-20)15-24-14-16-4-3-9-21-12-16;3*3-2(4,5)1(6)7/h1-5,9-10,12,18-20H,6-8,11,13-15H2;3*(H,6,7)/t18?,19-,20-;;;/m0.../s1. The van der Waals surface area contributed by atoms with Crippen LogP contribution in [-0.4, -0.2) is 98.0 Å². The number of halogens is 9. The number of hydrogen-bond donors (Lipinski definition) is 3. The minimum atomic E-state index is -5.08. The lowest BCUT2D eigenvalue weighted by molar-refractivity contribution is -0.193. The average Bonchev–Trinajstić information content (AvgIpc) is 3.35. The van der Waals surface area contributed by atoms with Crippen LogP contribution >= 0.6 is 0 Å². The molecule has 258 valence electrons. The van der Waals surface area contributed by atoms with Crippen molar-refractivity contribution in [2.75, 3.05) is 13.2 Å². The van der Waals surface area contributed by atoms with Gasteiger partial charge in [0.2, 0.25) is 0 Å². The summed E-state index contributed by atoms with van der Waals surface area (Å²) in [4.78, 5) is 37.8. The Labute approximate surface area is 254 Å². The molecule has 0 amide bonds. The lowest BCUT2D eigenvalue weighted by Gasteiger charge is -2.35. The zero-order valence-electron chi connectivity index (χ0n) is 23.4. The summed E-state index contributed by atoms with van der Waals surface area (Å²) in [6.45, 7) is 3.29. The molecule has 4 heterocycles. The van der Waals surface area contributed by atoms with Gasteiger partial charge in [-0.25, -0.2) is 14.4 Å². The van der Waals surface area contributed by atoms with E-state index in [0.717, 1.165) is 37.2 Å². The molecule has 3 N–H and O–H groups in total. The molecule has 2 aromatic rings. The average molecular weight is 682 g/mol. The molecule has 4 rings (SSSR count). The van der Waals surface area contributed by atoms with Crippen LogP contribution in [0.4, 0.5) is 39.5 Å². The Bertz CT molecular complexity index is 1160. The quantitative estimate of drug-likeness (QED) is 0.363. The summed E-state index contributed by atoms with van der Waals surface area (Å²) in [6.07, 6.45) is -5.84. The largest absolute Gasteiger partial charge is 0.490 e. The van der Waals surface area contributed by atoms with Gasteiger partial charge in [-0.1, -0.05) is 12.1 Å². The Morgan fingerprint density at radius 3 is 1.85 bits per heavy atom. The third kappa shape index (κ3) is 15.8. The fraction of sp³-hybridized carbons (Fsp3) is 0.500. The van der Waals surface area contributed by atoms with Gasteiger partial charge in [0.05, 0.1) is 31.1 Å². The summed E-state index contributed by atoms with van der Waals surface area (Å²) in [6, 6.07) is 10.6. The second-order valence-electron chi connectivity index (χ2n) is 9.31. The molecule has 46 heavy (non-hydrogen) atoms. The molecule has 2 aliphatic heterocycles. The van der Waals surface area contributed by atoms with E-state index in [2.05, 4.69) is 27.0 Å². The van der Waals surface area contributed by atoms with Gasteiger partial charge in [-0.15, -0.1) is 0 Å². The minimum absolute atomic E-state index is 0.215. The molecular weight excluding hydrogens is 653 g/mol. The van der Waals surface area contributed by atoms with Crippen LogP contribution in [-0.2, 0) is 37.0 Å². The summed E-state index contributed by atoms with van der Waals surface area (Å²) in [5.74, 6) is -8.27. The highest BCUT2D eigenvalue weighted by molar-refractivity contribution is 5.73. The van der Waals surface area contributed by atoms with E-state index in [1.165, 1.54) is 6.42 Å². The number of nitrogens with zero attached hydrogens (tertiary/aromatic N) is 3. The molecule has 0 spiro atoms. The molecule has 0 saturated carbocycles. The molecule has 2 aliphatic rings.